The van der Waals surface area contributed by atoms with Crippen molar-refractivity contribution in [3.8, 4) is 0 Å². The summed E-state index contributed by atoms with van der Waals surface area (Å²) in [7, 11) is 0. The molecule has 3 aromatic carbocycles. The molecule has 4 N–H and O–H groups in total. The van der Waals surface area contributed by atoms with Gasteiger partial charge in [-0.05, 0) is 65.8 Å². The van der Waals surface area contributed by atoms with E-state index < -0.39 is 11.9 Å². The van der Waals surface area contributed by atoms with E-state index in [1.807, 2.05) is 36.4 Å². The highest BCUT2D eigenvalue weighted by atomic mass is 79.9. The number of nitrogens with two attached hydrogens (primary N) is 1. The monoisotopic (exact) mass is 574 g/mol. The second kappa shape index (κ2) is 13.1. The lowest BCUT2D eigenvalue weighted by atomic mass is 9.84. The summed E-state index contributed by atoms with van der Waals surface area (Å²) in [4.78, 5) is 30.9. The van der Waals surface area contributed by atoms with Crippen LogP contribution >= 0.6 is 15.9 Å². The molecule has 38 heavy (non-hydrogen) atoms. The van der Waals surface area contributed by atoms with Gasteiger partial charge < -0.3 is 11.1 Å². The van der Waals surface area contributed by atoms with E-state index in [4.69, 9.17) is 11.3 Å². The molecule has 1 fully saturated rings. The third kappa shape index (κ3) is 7.13. The average molecular weight is 576 g/mol. The molecule has 1 aliphatic rings. The lowest BCUT2D eigenvalue weighted by Crippen LogP contribution is -2.39. The quantitative estimate of drug-likeness (QED) is 0.161. The van der Waals surface area contributed by atoms with Gasteiger partial charge in [0.15, 0.2) is 0 Å². The summed E-state index contributed by atoms with van der Waals surface area (Å²) in [6.45, 7) is 0.692. The number of benzene rings is 3. The molecule has 3 aromatic rings. The number of amides is 3. The van der Waals surface area contributed by atoms with Crippen LogP contribution in [0.2, 0.25) is 0 Å². The molecule has 3 amide bonds. The van der Waals surface area contributed by atoms with Crippen LogP contribution in [0.4, 0.5) is 10.5 Å². The number of nitrogens with zero attached hydrogens (tertiary/aromatic N) is 3. The molecule has 196 valence electrons. The van der Waals surface area contributed by atoms with Crippen LogP contribution in [0.25, 0.3) is 0 Å². The van der Waals surface area contributed by atoms with Crippen molar-refractivity contribution in [3.63, 3.8) is 0 Å². The van der Waals surface area contributed by atoms with E-state index in [2.05, 4.69) is 43.5 Å². The highest BCUT2D eigenvalue weighted by Gasteiger charge is 2.19. The Labute approximate surface area is 231 Å². The Morgan fingerprint density at radius 1 is 0.974 bits per heavy atom. The zero-order valence-electron chi connectivity index (χ0n) is 21.1. The zero-order chi connectivity index (χ0) is 26.9. The van der Waals surface area contributed by atoms with Crippen molar-refractivity contribution in [1.82, 2.24) is 5.32 Å². The molecule has 0 unspecified atom stereocenters. The number of guanidine groups is 1. The summed E-state index contributed by atoms with van der Waals surface area (Å²) < 4.78 is 0.936. The van der Waals surface area contributed by atoms with E-state index >= 15 is 0 Å². The van der Waals surface area contributed by atoms with Gasteiger partial charge in [-0.1, -0.05) is 77.7 Å². The van der Waals surface area contributed by atoms with E-state index in [0.717, 1.165) is 21.3 Å². The first-order valence-electron chi connectivity index (χ1n) is 12.7. The lowest BCUT2D eigenvalue weighted by Gasteiger charge is -2.26. The third-order valence-electron chi connectivity index (χ3n) is 6.79. The standard InChI is InChI=1S/C29H31BrN6O2/c30-26-9-5-4-8-24(26)18-33-29(38)36(25-16-14-22(15-17-25)21-6-2-1-3-7-21)19-20-10-12-23(13-11-20)27(37)34-28(31)35-32/h4-5,8-17,21,32H,1-3,6-7,18-19H2,(H,33,38)(H2,31,34,37). The number of aliphatic imine (C=N–C) groups is 1. The predicted molar refractivity (Wildman–Crippen MR) is 152 cm³/mol. The summed E-state index contributed by atoms with van der Waals surface area (Å²) >= 11 is 3.54. The van der Waals surface area contributed by atoms with E-state index in [1.54, 1.807) is 29.2 Å². The Morgan fingerprint density at radius 2 is 1.66 bits per heavy atom. The number of hydrogen-bond acceptors (Lipinski definition) is 3. The van der Waals surface area contributed by atoms with Gasteiger partial charge in [0.05, 0.1) is 6.54 Å². The highest BCUT2D eigenvalue weighted by Crippen LogP contribution is 2.33. The number of urea groups is 1. The summed E-state index contributed by atoms with van der Waals surface area (Å²) in [6, 6.07) is 22.7. The van der Waals surface area contributed by atoms with Gasteiger partial charge in [-0.25, -0.2) is 10.3 Å². The minimum atomic E-state index is -0.577. The number of hydrogen-bond donors (Lipinski definition) is 3. The molecule has 1 aliphatic carbocycles. The Kier molecular flexibility index (Phi) is 9.37. The first-order valence-corrected chi connectivity index (χ1v) is 13.5. The van der Waals surface area contributed by atoms with Gasteiger partial charge in [-0.15, -0.1) is 5.11 Å². The molecule has 0 bridgehead atoms. The maximum atomic E-state index is 13.4. The molecule has 1 saturated carbocycles. The molecule has 0 spiro atoms. The minimum absolute atomic E-state index is 0.222. The van der Waals surface area contributed by atoms with Gasteiger partial charge in [-0.3, -0.25) is 9.69 Å². The van der Waals surface area contributed by atoms with Gasteiger partial charge in [0.1, 0.15) is 0 Å². The normalized spacial score (nSPS) is 14.1. The van der Waals surface area contributed by atoms with Gasteiger partial charge in [0.25, 0.3) is 5.91 Å². The predicted octanol–water partition coefficient (Wildman–Crippen LogP) is 6.90. The molecular formula is C29H31BrN6O2. The summed E-state index contributed by atoms with van der Waals surface area (Å²) in [5, 5.41) is 5.98. The zero-order valence-corrected chi connectivity index (χ0v) is 22.7. The van der Waals surface area contributed by atoms with Crippen molar-refractivity contribution in [2.24, 2.45) is 15.8 Å². The van der Waals surface area contributed by atoms with Crippen molar-refractivity contribution >= 4 is 39.5 Å². The fraction of sp³-hybridized carbons (Fsp3) is 0.276. The number of halogens is 1. The SMILES string of the molecule is N=NC(N)=NC(=O)c1ccc(CN(C(=O)NCc2ccccc2Br)c2ccc(C3CCCCC3)cc2)cc1. The first-order chi connectivity index (χ1) is 18.4. The van der Waals surface area contributed by atoms with E-state index in [0.29, 0.717) is 24.6 Å². The topological polar surface area (TPSA) is 124 Å². The van der Waals surface area contributed by atoms with Gasteiger partial charge in [-0.2, -0.15) is 4.99 Å². The van der Waals surface area contributed by atoms with Crippen molar-refractivity contribution in [2.45, 2.75) is 51.1 Å². The fourth-order valence-corrected chi connectivity index (χ4v) is 5.10. The summed E-state index contributed by atoms with van der Waals surface area (Å²) in [6.07, 6.45) is 6.27. The molecule has 0 aromatic heterocycles. The first kappa shape index (κ1) is 27.2. The van der Waals surface area contributed by atoms with Crippen molar-refractivity contribution in [3.05, 3.63) is 99.5 Å². The number of carbonyl (C=O) groups excluding carboxylic acids is 2. The van der Waals surface area contributed by atoms with Gasteiger partial charge >= 0.3 is 6.03 Å². The smallest absolute Gasteiger partial charge is 0.322 e. The lowest BCUT2D eigenvalue weighted by molar-refractivity contribution is 0.100. The summed E-state index contributed by atoms with van der Waals surface area (Å²) in [5.41, 5.74) is 16.5. The second-order valence-corrected chi connectivity index (χ2v) is 10.2. The molecule has 8 nitrogen and oxygen atoms in total. The third-order valence-corrected chi connectivity index (χ3v) is 7.56. The Hall–Kier alpha value is -3.85. The van der Waals surface area contributed by atoms with Crippen molar-refractivity contribution in [2.75, 3.05) is 4.90 Å². The Balaban J connectivity index is 1.54. The average Bonchev–Trinajstić information content (AvgIpc) is 2.96. The van der Waals surface area contributed by atoms with Crippen LogP contribution in [-0.2, 0) is 13.1 Å². The number of carbonyl (C=O) groups is 2. The maximum Gasteiger partial charge on any atom is 0.322 e. The molecule has 0 heterocycles. The van der Waals surface area contributed by atoms with Crippen LogP contribution in [0.1, 0.15) is 65.1 Å². The van der Waals surface area contributed by atoms with Crippen molar-refractivity contribution < 1.29 is 9.59 Å². The summed E-state index contributed by atoms with van der Waals surface area (Å²) in [5.74, 6) is -0.393. The van der Waals surface area contributed by atoms with Crippen LogP contribution in [0.3, 0.4) is 0 Å². The Bertz CT molecular complexity index is 1300. The highest BCUT2D eigenvalue weighted by molar-refractivity contribution is 9.10. The van der Waals surface area contributed by atoms with Gasteiger partial charge in [0.2, 0.25) is 5.96 Å². The van der Waals surface area contributed by atoms with Crippen molar-refractivity contribution in [1.29, 1.82) is 5.53 Å². The fourth-order valence-electron chi connectivity index (χ4n) is 4.68. The molecular weight excluding hydrogens is 544 g/mol. The molecule has 9 heteroatoms. The minimum Gasteiger partial charge on any atom is -0.366 e. The van der Waals surface area contributed by atoms with E-state index in [1.165, 1.54) is 37.7 Å². The molecule has 0 atom stereocenters. The number of nitrogens with one attached hydrogen (secondary N) is 2. The number of anilines is 1. The van der Waals surface area contributed by atoms with Crippen LogP contribution in [0.5, 0.6) is 0 Å². The maximum absolute atomic E-state index is 13.4. The largest absolute Gasteiger partial charge is 0.366 e. The van der Waals surface area contributed by atoms with E-state index in [9.17, 15) is 9.59 Å². The Morgan fingerprint density at radius 3 is 2.32 bits per heavy atom. The molecule has 0 aliphatic heterocycles. The van der Waals surface area contributed by atoms with Crippen LogP contribution < -0.4 is 16.0 Å². The molecule has 4 rings (SSSR count). The van der Waals surface area contributed by atoms with Crippen LogP contribution in [-0.4, -0.2) is 17.9 Å². The van der Waals surface area contributed by atoms with Crippen LogP contribution in [0.15, 0.2) is 87.4 Å². The van der Waals surface area contributed by atoms with Gasteiger partial charge in [0, 0.05) is 22.3 Å². The molecule has 0 saturated heterocycles. The molecule has 0 radical (unpaired) electrons. The van der Waals surface area contributed by atoms with E-state index in [-0.39, 0.29) is 6.03 Å². The number of rotatable bonds is 7. The second-order valence-electron chi connectivity index (χ2n) is 9.35. The van der Waals surface area contributed by atoms with Crippen LogP contribution in [0, 0.1) is 5.53 Å².